The minimum Gasteiger partial charge on any atom is -0.507 e. The quantitative estimate of drug-likeness (QED) is 0.410. The van der Waals surface area contributed by atoms with Crippen LogP contribution >= 0.6 is 0 Å². The lowest BCUT2D eigenvalue weighted by molar-refractivity contribution is 0.475. The van der Waals surface area contributed by atoms with Gasteiger partial charge < -0.3 is 5.11 Å². The van der Waals surface area contributed by atoms with Gasteiger partial charge in [-0.2, -0.15) is 5.10 Å². The molecule has 5 heteroatoms. The molecule has 4 rings (SSSR count). The summed E-state index contributed by atoms with van der Waals surface area (Å²) in [5, 5.41) is 16.4. The summed E-state index contributed by atoms with van der Waals surface area (Å²) in [6.07, 6.45) is 1.59. The summed E-state index contributed by atoms with van der Waals surface area (Å²) in [4.78, 5) is 8.90. The number of nitrogens with zero attached hydrogens (tertiary/aromatic N) is 3. The number of hydrazone groups is 1. The number of phenols is 1. The first kappa shape index (κ1) is 16.7. The van der Waals surface area contributed by atoms with Crippen molar-refractivity contribution in [3.05, 3.63) is 84.1 Å². The maximum atomic E-state index is 10.2. The molecule has 3 aromatic carbocycles. The number of hydrogen-bond donors (Lipinski definition) is 2. The minimum atomic E-state index is 0.175. The molecule has 5 nitrogen and oxygen atoms in total. The van der Waals surface area contributed by atoms with Crippen LogP contribution in [0.5, 0.6) is 5.75 Å². The molecule has 1 heterocycles. The Balaban J connectivity index is 1.63. The van der Waals surface area contributed by atoms with Crippen LogP contribution in [0.2, 0.25) is 0 Å². The van der Waals surface area contributed by atoms with Crippen molar-refractivity contribution < 1.29 is 5.11 Å². The third kappa shape index (κ3) is 3.62. The molecule has 1 aromatic heterocycles. The smallest absolute Gasteiger partial charge is 0.244 e. The minimum absolute atomic E-state index is 0.175. The highest BCUT2D eigenvalue weighted by Crippen LogP contribution is 2.25. The van der Waals surface area contributed by atoms with Crippen LogP contribution in [0.25, 0.3) is 22.0 Å². The highest BCUT2D eigenvalue weighted by atomic mass is 16.3. The zero-order chi connectivity index (χ0) is 18.6. The van der Waals surface area contributed by atoms with E-state index in [4.69, 9.17) is 0 Å². The van der Waals surface area contributed by atoms with Crippen molar-refractivity contribution in [3.8, 4) is 17.0 Å². The maximum absolute atomic E-state index is 10.2. The number of aromatic hydroxyl groups is 1. The van der Waals surface area contributed by atoms with Crippen molar-refractivity contribution in [2.45, 2.75) is 6.92 Å². The van der Waals surface area contributed by atoms with Crippen LogP contribution in [-0.4, -0.2) is 21.3 Å². The molecule has 0 amide bonds. The molecule has 0 unspecified atom stereocenters. The van der Waals surface area contributed by atoms with Gasteiger partial charge in [-0.05, 0) is 29.8 Å². The van der Waals surface area contributed by atoms with E-state index in [0.717, 1.165) is 27.7 Å². The summed E-state index contributed by atoms with van der Waals surface area (Å²) in [5.74, 6) is 0.583. The van der Waals surface area contributed by atoms with Gasteiger partial charge in [0.05, 0.1) is 11.9 Å². The van der Waals surface area contributed by atoms with Crippen molar-refractivity contribution in [3.63, 3.8) is 0 Å². The van der Waals surface area contributed by atoms with E-state index in [1.54, 1.807) is 12.3 Å². The van der Waals surface area contributed by atoms with Crippen LogP contribution in [0.1, 0.15) is 11.3 Å². The average Bonchev–Trinajstić information content (AvgIpc) is 2.70. The van der Waals surface area contributed by atoms with Crippen LogP contribution in [-0.2, 0) is 0 Å². The van der Waals surface area contributed by atoms with Gasteiger partial charge in [0.25, 0.3) is 0 Å². The first-order valence-electron chi connectivity index (χ1n) is 8.61. The van der Waals surface area contributed by atoms with E-state index >= 15 is 0 Å². The summed E-state index contributed by atoms with van der Waals surface area (Å²) in [5.41, 5.74) is 6.21. The Kier molecular flexibility index (Phi) is 4.49. The molecule has 27 heavy (non-hydrogen) atoms. The lowest BCUT2D eigenvalue weighted by Gasteiger charge is -2.06. The molecule has 132 valence electrons. The van der Waals surface area contributed by atoms with Gasteiger partial charge in [0, 0.05) is 16.8 Å². The molecular weight excluding hydrogens is 336 g/mol. The predicted octanol–water partition coefficient (Wildman–Crippen LogP) is 4.76. The Morgan fingerprint density at radius 1 is 0.926 bits per heavy atom. The molecule has 0 bridgehead atoms. The van der Waals surface area contributed by atoms with Crippen molar-refractivity contribution in [1.29, 1.82) is 0 Å². The highest BCUT2D eigenvalue weighted by Gasteiger charge is 2.06. The number of hydrogen-bond acceptors (Lipinski definition) is 5. The predicted molar refractivity (Wildman–Crippen MR) is 109 cm³/mol. The van der Waals surface area contributed by atoms with E-state index in [1.807, 2.05) is 73.7 Å². The Morgan fingerprint density at radius 2 is 1.70 bits per heavy atom. The molecule has 0 aliphatic rings. The summed E-state index contributed by atoms with van der Waals surface area (Å²) < 4.78 is 0. The zero-order valence-electron chi connectivity index (χ0n) is 14.8. The number of anilines is 1. The Morgan fingerprint density at radius 3 is 2.56 bits per heavy atom. The van der Waals surface area contributed by atoms with E-state index < -0.39 is 0 Å². The summed E-state index contributed by atoms with van der Waals surface area (Å²) in [7, 11) is 0. The number of aryl methyl sites for hydroxylation is 1. The van der Waals surface area contributed by atoms with E-state index in [-0.39, 0.29) is 5.75 Å². The van der Waals surface area contributed by atoms with Gasteiger partial charge in [-0.25, -0.2) is 15.4 Å². The van der Waals surface area contributed by atoms with E-state index in [0.29, 0.717) is 11.5 Å². The second-order valence-corrected chi connectivity index (χ2v) is 6.17. The third-order valence-corrected chi connectivity index (χ3v) is 4.23. The maximum Gasteiger partial charge on any atom is 0.244 e. The van der Waals surface area contributed by atoms with Crippen LogP contribution in [0.4, 0.5) is 5.95 Å². The summed E-state index contributed by atoms with van der Waals surface area (Å²) in [6, 6.07) is 23.2. The highest BCUT2D eigenvalue weighted by molar-refractivity contribution is 6.02. The fourth-order valence-corrected chi connectivity index (χ4v) is 2.95. The van der Waals surface area contributed by atoms with Crippen LogP contribution < -0.4 is 5.43 Å². The van der Waals surface area contributed by atoms with Gasteiger partial charge in [-0.15, -0.1) is 0 Å². The topological polar surface area (TPSA) is 70.4 Å². The molecule has 4 aromatic rings. The first-order valence-corrected chi connectivity index (χ1v) is 8.61. The Hall–Kier alpha value is -3.73. The second kappa shape index (κ2) is 7.25. The fourth-order valence-electron chi connectivity index (χ4n) is 2.95. The number of aromatic nitrogens is 2. The zero-order valence-corrected chi connectivity index (χ0v) is 14.8. The largest absolute Gasteiger partial charge is 0.507 e. The Labute approximate surface area is 157 Å². The SMILES string of the molecule is Cc1cc(-c2ccccc2)nc(N/N=C/c2c(O)ccc3ccccc23)n1. The molecule has 0 aliphatic carbocycles. The molecular formula is C22H18N4O. The number of nitrogens with one attached hydrogen (secondary N) is 1. The van der Waals surface area contributed by atoms with Gasteiger partial charge in [0.2, 0.25) is 5.95 Å². The van der Waals surface area contributed by atoms with Crippen LogP contribution in [0.15, 0.2) is 77.9 Å². The van der Waals surface area contributed by atoms with Gasteiger partial charge in [0.15, 0.2) is 0 Å². The molecule has 0 radical (unpaired) electrons. The van der Waals surface area contributed by atoms with Crippen molar-refractivity contribution in [1.82, 2.24) is 9.97 Å². The third-order valence-electron chi connectivity index (χ3n) is 4.23. The van der Waals surface area contributed by atoms with E-state index in [2.05, 4.69) is 20.5 Å². The number of rotatable bonds is 4. The fraction of sp³-hybridized carbons (Fsp3) is 0.0455. The van der Waals surface area contributed by atoms with Gasteiger partial charge in [0.1, 0.15) is 5.75 Å². The molecule has 0 saturated heterocycles. The molecule has 0 aliphatic heterocycles. The van der Waals surface area contributed by atoms with Gasteiger partial charge in [-0.1, -0.05) is 60.7 Å². The van der Waals surface area contributed by atoms with E-state index in [9.17, 15) is 5.11 Å². The lowest BCUT2D eigenvalue weighted by Crippen LogP contribution is -2.00. The second-order valence-electron chi connectivity index (χ2n) is 6.17. The average molecular weight is 354 g/mol. The lowest BCUT2D eigenvalue weighted by atomic mass is 10.0. The number of phenolic OH excluding ortho intramolecular Hbond substituents is 1. The monoisotopic (exact) mass is 354 g/mol. The first-order chi connectivity index (χ1) is 13.2. The van der Waals surface area contributed by atoms with Crippen LogP contribution in [0, 0.1) is 6.92 Å². The molecule has 2 N–H and O–H groups in total. The van der Waals surface area contributed by atoms with Crippen molar-refractivity contribution in [2.24, 2.45) is 5.10 Å². The van der Waals surface area contributed by atoms with Gasteiger partial charge >= 0.3 is 0 Å². The Bertz CT molecular complexity index is 1120. The van der Waals surface area contributed by atoms with Gasteiger partial charge in [-0.3, -0.25) is 0 Å². The van der Waals surface area contributed by atoms with Crippen LogP contribution in [0.3, 0.4) is 0 Å². The van der Waals surface area contributed by atoms with Crippen molar-refractivity contribution >= 4 is 22.9 Å². The number of benzene rings is 3. The standard InChI is InChI=1S/C22H18N4O/c1-15-13-20(17-8-3-2-4-9-17)25-22(24-15)26-23-14-19-18-10-6-5-7-16(18)11-12-21(19)27/h2-14,27H,1H3,(H,24,25,26)/b23-14+. The molecule has 0 atom stereocenters. The summed E-state index contributed by atoms with van der Waals surface area (Å²) in [6.45, 7) is 1.92. The van der Waals surface area contributed by atoms with Crippen molar-refractivity contribution in [2.75, 3.05) is 5.43 Å². The summed E-state index contributed by atoms with van der Waals surface area (Å²) >= 11 is 0. The van der Waals surface area contributed by atoms with E-state index in [1.165, 1.54) is 0 Å². The normalized spacial score (nSPS) is 11.1. The molecule has 0 saturated carbocycles. The molecule has 0 spiro atoms. The molecule has 0 fully saturated rings. The number of fused-ring (bicyclic) bond motifs is 1.